The molecule has 0 aliphatic rings. The molecule has 1 N–H and O–H groups in total. The van der Waals surface area contributed by atoms with Gasteiger partial charge in [-0.3, -0.25) is 10.1 Å². The van der Waals surface area contributed by atoms with Crippen molar-refractivity contribution >= 4 is 34.1 Å². The smallest absolute Gasteiger partial charge is 0.296 e. The Kier molecular flexibility index (Phi) is 5.76. The Morgan fingerprint density at radius 2 is 1.70 bits per heavy atom. The summed E-state index contributed by atoms with van der Waals surface area (Å²) in [4.78, 5) is 12.1. The standard InChI is InChI=1S/C17H11F4N3OS2/c18-13-7-1-10(2-8-13)9-26-16-24-23-15(27-16)22-14(25)11-3-5-12(6-4-11)17(19,20)21/h1-8H,9H2,(H,22,23,25). The van der Waals surface area contributed by atoms with Gasteiger partial charge in [-0.25, -0.2) is 4.39 Å². The molecule has 10 heteroatoms. The van der Waals surface area contributed by atoms with Gasteiger partial charge >= 0.3 is 6.18 Å². The number of rotatable bonds is 5. The lowest BCUT2D eigenvalue weighted by atomic mass is 10.1. The van der Waals surface area contributed by atoms with E-state index in [-0.39, 0.29) is 16.5 Å². The number of benzene rings is 2. The van der Waals surface area contributed by atoms with E-state index in [4.69, 9.17) is 0 Å². The van der Waals surface area contributed by atoms with Crippen molar-refractivity contribution < 1.29 is 22.4 Å². The molecule has 140 valence electrons. The van der Waals surface area contributed by atoms with Gasteiger partial charge in [0.2, 0.25) is 5.13 Å². The van der Waals surface area contributed by atoms with Crippen LogP contribution >= 0.6 is 23.1 Å². The molecule has 27 heavy (non-hydrogen) atoms. The van der Waals surface area contributed by atoms with Crippen LogP contribution in [-0.2, 0) is 11.9 Å². The lowest BCUT2D eigenvalue weighted by molar-refractivity contribution is -0.137. The van der Waals surface area contributed by atoms with Crippen LogP contribution in [0.3, 0.4) is 0 Å². The topological polar surface area (TPSA) is 54.9 Å². The quantitative estimate of drug-likeness (QED) is 0.353. The fourth-order valence-electron chi connectivity index (χ4n) is 2.02. The number of nitrogens with zero attached hydrogens (tertiary/aromatic N) is 2. The Morgan fingerprint density at radius 1 is 1.04 bits per heavy atom. The number of carbonyl (C=O) groups excluding carboxylic acids is 1. The van der Waals surface area contributed by atoms with Crippen LogP contribution in [-0.4, -0.2) is 16.1 Å². The highest BCUT2D eigenvalue weighted by molar-refractivity contribution is 8.00. The largest absolute Gasteiger partial charge is 0.416 e. The highest BCUT2D eigenvalue weighted by atomic mass is 32.2. The fourth-order valence-corrected chi connectivity index (χ4v) is 3.73. The lowest BCUT2D eigenvalue weighted by Crippen LogP contribution is -2.12. The number of nitrogens with one attached hydrogen (secondary N) is 1. The number of halogens is 4. The number of alkyl halides is 3. The molecule has 1 heterocycles. The van der Waals surface area contributed by atoms with E-state index in [0.717, 1.165) is 41.2 Å². The normalized spacial score (nSPS) is 11.4. The first-order valence-electron chi connectivity index (χ1n) is 7.50. The highest BCUT2D eigenvalue weighted by Gasteiger charge is 2.30. The summed E-state index contributed by atoms with van der Waals surface area (Å²) >= 11 is 2.51. The van der Waals surface area contributed by atoms with Gasteiger partial charge in [0.05, 0.1) is 5.56 Å². The molecule has 0 saturated heterocycles. The molecule has 0 unspecified atom stereocenters. The fraction of sp³-hybridized carbons (Fsp3) is 0.118. The zero-order chi connectivity index (χ0) is 19.4. The van der Waals surface area contributed by atoms with Gasteiger partial charge in [-0.15, -0.1) is 10.2 Å². The summed E-state index contributed by atoms with van der Waals surface area (Å²) in [5.74, 6) is -0.329. The van der Waals surface area contributed by atoms with E-state index in [1.165, 1.54) is 23.9 Å². The monoisotopic (exact) mass is 413 g/mol. The molecule has 3 rings (SSSR count). The third kappa shape index (κ3) is 5.27. The molecule has 0 saturated carbocycles. The van der Waals surface area contributed by atoms with Crippen molar-refractivity contribution in [2.24, 2.45) is 0 Å². The predicted octanol–water partition coefficient (Wildman–Crippen LogP) is 5.24. The van der Waals surface area contributed by atoms with Crippen molar-refractivity contribution in [1.82, 2.24) is 10.2 Å². The van der Waals surface area contributed by atoms with Crippen molar-refractivity contribution in [2.75, 3.05) is 5.32 Å². The van der Waals surface area contributed by atoms with Gasteiger partial charge in [-0.1, -0.05) is 35.2 Å². The first-order valence-corrected chi connectivity index (χ1v) is 9.31. The van der Waals surface area contributed by atoms with Crippen LogP contribution in [0.25, 0.3) is 0 Å². The zero-order valence-electron chi connectivity index (χ0n) is 13.5. The molecule has 0 bridgehead atoms. The molecule has 0 atom stereocenters. The van der Waals surface area contributed by atoms with E-state index in [0.29, 0.717) is 10.1 Å². The average Bonchev–Trinajstić information content (AvgIpc) is 3.08. The van der Waals surface area contributed by atoms with E-state index >= 15 is 0 Å². The molecule has 1 aromatic heterocycles. The first kappa shape index (κ1) is 19.3. The highest BCUT2D eigenvalue weighted by Crippen LogP contribution is 2.30. The number of anilines is 1. The number of thioether (sulfide) groups is 1. The Hall–Kier alpha value is -2.46. The second-order valence-electron chi connectivity index (χ2n) is 5.32. The summed E-state index contributed by atoms with van der Waals surface area (Å²) in [5, 5.41) is 10.5. The first-order chi connectivity index (χ1) is 12.8. The zero-order valence-corrected chi connectivity index (χ0v) is 15.1. The maximum absolute atomic E-state index is 12.9. The molecular formula is C17H11F4N3OS2. The van der Waals surface area contributed by atoms with Crippen LogP contribution in [0.15, 0.2) is 52.9 Å². The minimum Gasteiger partial charge on any atom is -0.296 e. The Labute approximate surface area is 159 Å². The Morgan fingerprint density at radius 3 is 2.33 bits per heavy atom. The van der Waals surface area contributed by atoms with Crippen LogP contribution in [0.2, 0.25) is 0 Å². The van der Waals surface area contributed by atoms with Gasteiger partial charge in [0.25, 0.3) is 5.91 Å². The van der Waals surface area contributed by atoms with Crippen LogP contribution in [0.4, 0.5) is 22.7 Å². The van der Waals surface area contributed by atoms with Crippen molar-refractivity contribution in [3.8, 4) is 0 Å². The van der Waals surface area contributed by atoms with Gasteiger partial charge in [0.15, 0.2) is 4.34 Å². The molecule has 0 radical (unpaired) electrons. The van der Waals surface area contributed by atoms with Crippen molar-refractivity contribution in [3.63, 3.8) is 0 Å². The second kappa shape index (κ2) is 8.05. The third-order valence-corrected chi connectivity index (χ3v) is 5.42. The summed E-state index contributed by atoms with van der Waals surface area (Å²) in [6.07, 6.45) is -4.45. The SMILES string of the molecule is O=C(Nc1nnc(SCc2ccc(F)cc2)s1)c1ccc(C(F)(F)F)cc1. The van der Waals surface area contributed by atoms with Crippen molar-refractivity contribution in [3.05, 3.63) is 71.0 Å². The van der Waals surface area contributed by atoms with Gasteiger partial charge in [-0.2, -0.15) is 13.2 Å². The lowest BCUT2D eigenvalue weighted by Gasteiger charge is -2.07. The second-order valence-corrected chi connectivity index (χ2v) is 7.52. The van der Waals surface area contributed by atoms with E-state index in [1.807, 2.05) is 0 Å². The van der Waals surface area contributed by atoms with Gasteiger partial charge in [-0.05, 0) is 42.0 Å². The molecule has 0 aliphatic carbocycles. The van der Waals surface area contributed by atoms with Crippen molar-refractivity contribution in [2.45, 2.75) is 16.3 Å². The number of hydrogen-bond donors (Lipinski definition) is 1. The summed E-state index contributed by atoms with van der Waals surface area (Å²) in [7, 11) is 0. The van der Waals surface area contributed by atoms with Crippen LogP contribution in [0, 0.1) is 5.82 Å². The van der Waals surface area contributed by atoms with E-state index in [9.17, 15) is 22.4 Å². The molecule has 1 amide bonds. The Bertz CT molecular complexity index is 925. The minimum atomic E-state index is -4.45. The number of carbonyl (C=O) groups is 1. The molecular weight excluding hydrogens is 402 g/mol. The minimum absolute atomic E-state index is 0.0821. The number of amides is 1. The number of aromatic nitrogens is 2. The molecule has 0 spiro atoms. The molecule has 3 aromatic rings. The third-order valence-electron chi connectivity index (χ3n) is 3.38. The summed E-state index contributed by atoms with van der Waals surface area (Å²) in [6, 6.07) is 9.95. The van der Waals surface area contributed by atoms with Crippen LogP contribution in [0.1, 0.15) is 21.5 Å². The van der Waals surface area contributed by atoms with Gasteiger partial charge in [0.1, 0.15) is 5.82 Å². The molecule has 4 nitrogen and oxygen atoms in total. The average molecular weight is 413 g/mol. The Balaban J connectivity index is 1.58. The summed E-state index contributed by atoms with van der Waals surface area (Å²) < 4.78 is 51.1. The van der Waals surface area contributed by atoms with E-state index < -0.39 is 17.6 Å². The van der Waals surface area contributed by atoms with Crippen LogP contribution in [0.5, 0.6) is 0 Å². The van der Waals surface area contributed by atoms with E-state index in [2.05, 4.69) is 15.5 Å². The van der Waals surface area contributed by atoms with Gasteiger partial charge < -0.3 is 0 Å². The molecule has 0 aliphatic heterocycles. The van der Waals surface area contributed by atoms with Crippen LogP contribution < -0.4 is 5.32 Å². The predicted molar refractivity (Wildman–Crippen MR) is 95.3 cm³/mol. The van der Waals surface area contributed by atoms with Crippen molar-refractivity contribution in [1.29, 1.82) is 0 Å². The van der Waals surface area contributed by atoms with Gasteiger partial charge in [0, 0.05) is 11.3 Å². The summed E-state index contributed by atoms with van der Waals surface area (Å²) in [5.41, 5.74) is 0.167. The maximum atomic E-state index is 12.9. The molecule has 2 aromatic carbocycles. The van der Waals surface area contributed by atoms with E-state index in [1.54, 1.807) is 12.1 Å². The maximum Gasteiger partial charge on any atom is 0.416 e. The molecule has 0 fully saturated rings. The number of hydrogen-bond acceptors (Lipinski definition) is 5. The summed E-state index contributed by atoms with van der Waals surface area (Å²) in [6.45, 7) is 0.